The number of carbonyl (C=O) groups excluding carboxylic acids is 1. The molecular formula is C20H27IN4O4. The van der Waals surface area contributed by atoms with E-state index in [1.165, 1.54) is 0 Å². The van der Waals surface area contributed by atoms with Crippen LogP contribution in [0.5, 0.6) is 0 Å². The van der Waals surface area contributed by atoms with E-state index in [4.69, 9.17) is 13.9 Å². The van der Waals surface area contributed by atoms with E-state index >= 15 is 0 Å². The smallest absolute Gasteiger partial charge is 0.414 e. The summed E-state index contributed by atoms with van der Waals surface area (Å²) in [5.41, 5.74) is 1.89. The van der Waals surface area contributed by atoms with Crippen molar-refractivity contribution in [3.05, 3.63) is 54.0 Å². The molecule has 0 spiro atoms. The fourth-order valence-electron chi connectivity index (χ4n) is 2.78. The molecule has 1 aliphatic heterocycles. The Labute approximate surface area is 187 Å². The Hall–Kier alpha value is -2.27. The number of nitrogens with one attached hydrogen (secondary N) is 2. The van der Waals surface area contributed by atoms with E-state index in [0.717, 1.165) is 29.4 Å². The zero-order valence-electron chi connectivity index (χ0n) is 16.4. The number of benzene rings is 1. The number of halogens is 1. The maximum Gasteiger partial charge on any atom is 0.414 e. The number of methoxy groups -OCH3 is 1. The van der Waals surface area contributed by atoms with Crippen LogP contribution in [0.1, 0.15) is 11.3 Å². The second kappa shape index (κ2) is 12.3. The van der Waals surface area contributed by atoms with Crippen molar-refractivity contribution in [2.24, 2.45) is 4.99 Å². The number of cyclic esters (lactones) is 1. The number of ether oxygens (including phenoxy) is 2. The average molecular weight is 514 g/mol. The number of hydrogen-bond acceptors (Lipinski definition) is 5. The lowest BCUT2D eigenvalue weighted by Gasteiger charge is -2.13. The number of carbonyl (C=O) groups is 1. The van der Waals surface area contributed by atoms with Gasteiger partial charge in [0.1, 0.15) is 12.4 Å². The highest BCUT2D eigenvalue weighted by molar-refractivity contribution is 14.0. The Balaban J connectivity index is 0.00000300. The van der Waals surface area contributed by atoms with E-state index in [-0.39, 0.29) is 30.1 Å². The number of anilines is 1. The molecule has 2 heterocycles. The molecule has 2 aromatic rings. The van der Waals surface area contributed by atoms with Crippen LogP contribution in [0.25, 0.3) is 0 Å². The van der Waals surface area contributed by atoms with Crippen molar-refractivity contribution < 1.29 is 18.7 Å². The lowest BCUT2D eigenvalue weighted by molar-refractivity contribution is 0.181. The van der Waals surface area contributed by atoms with Gasteiger partial charge in [-0.2, -0.15) is 0 Å². The van der Waals surface area contributed by atoms with Crippen molar-refractivity contribution in [1.29, 1.82) is 0 Å². The number of nitrogens with zero attached hydrogens (tertiary/aromatic N) is 2. The minimum atomic E-state index is -0.295. The average Bonchev–Trinajstić information content (AvgIpc) is 3.38. The van der Waals surface area contributed by atoms with Crippen LogP contribution in [0.3, 0.4) is 0 Å². The molecule has 1 amide bonds. The van der Waals surface area contributed by atoms with Crippen molar-refractivity contribution in [3.8, 4) is 0 Å². The summed E-state index contributed by atoms with van der Waals surface area (Å²) < 4.78 is 15.4. The van der Waals surface area contributed by atoms with Crippen LogP contribution < -0.4 is 15.5 Å². The highest BCUT2D eigenvalue weighted by Gasteiger charge is 2.23. The van der Waals surface area contributed by atoms with E-state index in [1.54, 1.807) is 18.3 Å². The Kier molecular flexibility index (Phi) is 9.78. The standard InChI is InChI=1S/C20H26N4O4.HI/c1-26-13-10-22-19(21-9-8-18-3-2-12-27-18)23-15-16-4-6-17(7-5-16)24-11-14-28-20(24)25;/h2-7,12H,8-11,13-15H2,1H3,(H2,21,22,23);1H. The number of guanidine groups is 1. The van der Waals surface area contributed by atoms with Crippen LogP contribution in [-0.4, -0.2) is 52.0 Å². The molecule has 1 saturated heterocycles. The summed E-state index contributed by atoms with van der Waals surface area (Å²) in [4.78, 5) is 17.9. The van der Waals surface area contributed by atoms with Crippen LogP contribution in [0.4, 0.5) is 10.5 Å². The quantitative estimate of drug-likeness (QED) is 0.232. The van der Waals surface area contributed by atoms with Gasteiger partial charge in [-0.3, -0.25) is 4.90 Å². The molecular weight excluding hydrogens is 487 g/mol. The second-order valence-corrected chi connectivity index (χ2v) is 6.27. The molecule has 2 N–H and O–H groups in total. The molecule has 0 radical (unpaired) electrons. The van der Waals surface area contributed by atoms with Gasteiger partial charge in [-0.25, -0.2) is 9.79 Å². The molecule has 1 fully saturated rings. The van der Waals surface area contributed by atoms with E-state index in [9.17, 15) is 4.79 Å². The molecule has 29 heavy (non-hydrogen) atoms. The van der Waals surface area contributed by atoms with Crippen LogP contribution in [0.2, 0.25) is 0 Å². The summed E-state index contributed by atoms with van der Waals surface area (Å²) in [6, 6.07) is 11.6. The first-order valence-corrected chi connectivity index (χ1v) is 9.33. The molecule has 0 aliphatic carbocycles. The maximum absolute atomic E-state index is 11.6. The fraction of sp³-hybridized carbons (Fsp3) is 0.400. The molecule has 1 aromatic heterocycles. The van der Waals surface area contributed by atoms with Gasteiger partial charge >= 0.3 is 6.09 Å². The van der Waals surface area contributed by atoms with E-state index < -0.39 is 0 Å². The van der Waals surface area contributed by atoms with Crippen molar-refractivity contribution in [3.63, 3.8) is 0 Å². The number of furan rings is 1. The van der Waals surface area contributed by atoms with Gasteiger partial charge in [0.25, 0.3) is 0 Å². The molecule has 8 nitrogen and oxygen atoms in total. The van der Waals surface area contributed by atoms with Gasteiger partial charge in [-0.05, 0) is 29.8 Å². The molecule has 0 bridgehead atoms. The third kappa shape index (κ3) is 7.24. The Morgan fingerprint density at radius 1 is 1.21 bits per heavy atom. The summed E-state index contributed by atoms with van der Waals surface area (Å²) in [6.07, 6.45) is 2.15. The SMILES string of the molecule is COCCNC(=NCc1ccc(N2CCOC2=O)cc1)NCCc1ccco1.I. The van der Waals surface area contributed by atoms with Crippen molar-refractivity contribution in [2.75, 3.05) is 44.9 Å². The second-order valence-electron chi connectivity index (χ2n) is 6.27. The predicted molar refractivity (Wildman–Crippen MR) is 122 cm³/mol. The monoisotopic (exact) mass is 514 g/mol. The van der Waals surface area contributed by atoms with Crippen molar-refractivity contribution in [1.82, 2.24) is 10.6 Å². The lowest BCUT2D eigenvalue weighted by atomic mass is 10.2. The van der Waals surface area contributed by atoms with Gasteiger partial charge in [0.2, 0.25) is 0 Å². The summed E-state index contributed by atoms with van der Waals surface area (Å²) in [7, 11) is 1.67. The fourth-order valence-corrected chi connectivity index (χ4v) is 2.78. The minimum Gasteiger partial charge on any atom is -0.469 e. The molecule has 0 atom stereocenters. The van der Waals surface area contributed by atoms with Crippen LogP contribution >= 0.6 is 24.0 Å². The van der Waals surface area contributed by atoms with Crippen molar-refractivity contribution in [2.45, 2.75) is 13.0 Å². The number of amides is 1. The molecule has 9 heteroatoms. The Morgan fingerprint density at radius 3 is 2.66 bits per heavy atom. The zero-order chi connectivity index (χ0) is 19.6. The van der Waals surface area contributed by atoms with Gasteiger partial charge in [0, 0.05) is 32.3 Å². The largest absolute Gasteiger partial charge is 0.469 e. The maximum atomic E-state index is 11.6. The Bertz CT molecular complexity index is 765. The lowest BCUT2D eigenvalue weighted by Crippen LogP contribution is -2.40. The first-order valence-electron chi connectivity index (χ1n) is 9.33. The first-order chi connectivity index (χ1) is 13.8. The summed E-state index contributed by atoms with van der Waals surface area (Å²) in [5, 5.41) is 6.55. The van der Waals surface area contributed by atoms with Crippen molar-refractivity contribution >= 4 is 41.7 Å². The molecule has 0 saturated carbocycles. The van der Waals surface area contributed by atoms with Gasteiger partial charge in [-0.1, -0.05) is 12.1 Å². The minimum absolute atomic E-state index is 0. The first kappa shape index (κ1) is 23.0. The highest BCUT2D eigenvalue weighted by atomic mass is 127. The van der Waals surface area contributed by atoms with E-state index in [1.807, 2.05) is 36.4 Å². The van der Waals surface area contributed by atoms with Gasteiger partial charge < -0.3 is 24.5 Å². The van der Waals surface area contributed by atoms with E-state index in [0.29, 0.717) is 39.4 Å². The van der Waals surface area contributed by atoms with Gasteiger partial charge in [0.05, 0.1) is 26.0 Å². The van der Waals surface area contributed by atoms with E-state index in [2.05, 4.69) is 15.6 Å². The topological polar surface area (TPSA) is 88.3 Å². The summed E-state index contributed by atoms with van der Waals surface area (Å²) in [6.45, 7) is 3.52. The summed E-state index contributed by atoms with van der Waals surface area (Å²) in [5.74, 6) is 1.65. The number of aliphatic imine (C=N–C) groups is 1. The zero-order valence-corrected chi connectivity index (χ0v) is 18.8. The molecule has 1 aliphatic rings. The highest BCUT2D eigenvalue weighted by Crippen LogP contribution is 2.19. The van der Waals surface area contributed by atoms with Crippen LogP contribution in [-0.2, 0) is 22.4 Å². The third-order valence-corrected chi connectivity index (χ3v) is 4.27. The van der Waals surface area contributed by atoms with Gasteiger partial charge in [-0.15, -0.1) is 24.0 Å². The Morgan fingerprint density at radius 2 is 2.00 bits per heavy atom. The number of rotatable bonds is 9. The predicted octanol–water partition coefficient (Wildman–Crippen LogP) is 2.78. The molecule has 1 aromatic carbocycles. The summed E-state index contributed by atoms with van der Waals surface area (Å²) >= 11 is 0. The van der Waals surface area contributed by atoms with Crippen LogP contribution in [0.15, 0.2) is 52.1 Å². The van der Waals surface area contributed by atoms with Gasteiger partial charge in [0.15, 0.2) is 5.96 Å². The molecule has 0 unspecified atom stereocenters. The molecule has 3 rings (SSSR count). The normalized spacial score (nSPS) is 13.8. The third-order valence-electron chi connectivity index (χ3n) is 4.27. The number of hydrogen-bond donors (Lipinski definition) is 2. The van der Waals surface area contributed by atoms with Crippen LogP contribution in [0, 0.1) is 0 Å². The molecule has 158 valence electrons.